The molecule has 2 aromatic carbocycles. The fourth-order valence-electron chi connectivity index (χ4n) is 2.35. The Morgan fingerprint density at radius 1 is 1.11 bits per heavy atom. The molecule has 5 nitrogen and oxygen atoms in total. The lowest BCUT2D eigenvalue weighted by molar-refractivity contribution is -0.274. The molecule has 3 aromatic rings. The van der Waals surface area contributed by atoms with Gasteiger partial charge in [0, 0.05) is 29.6 Å². The van der Waals surface area contributed by atoms with Crippen molar-refractivity contribution in [3.8, 4) is 16.3 Å². The molecular weight excluding hydrogens is 389 g/mol. The van der Waals surface area contributed by atoms with Gasteiger partial charge in [-0.15, -0.1) is 24.5 Å². The van der Waals surface area contributed by atoms with Gasteiger partial charge in [-0.25, -0.2) is 4.98 Å². The Balaban J connectivity index is 1.50. The van der Waals surface area contributed by atoms with E-state index in [0.29, 0.717) is 18.7 Å². The molecule has 28 heavy (non-hydrogen) atoms. The molecule has 0 atom stereocenters. The third-order valence-electron chi connectivity index (χ3n) is 3.58. The number of nitrogens with two attached hydrogens (primary N) is 1. The van der Waals surface area contributed by atoms with Crippen LogP contribution in [-0.4, -0.2) is 23.9 Å². The van der Waals surface area contributed by atoms with Crippen molar-refractivity contribution in [1.82, 2.24) is 4.98 Å². The van der Waals surface area contributed by atoms with E-state index in [9.17, 15) is 13.2 Å². The van der Waals surface area contributed by atoms with Crippen LogP contribution in [0.4, 0.5) is 18.9 Å². The van der Waals surface area contributed by atoms with Gasteiger partial charge in [-0.2, -0.15) is 0 Å². The summed E-state index contributed by atoms with van der Waals surface area (Å²) in [7, 11) is 0. The first-order valence-corrected chi connectivity index (χ1v) is 9.19. The third-order valence-corrected chi connectivity index (χ3v) is 4.52. The number of anilines is 1. The van der Waals surface area contributed by atoms with Gasteiger partial charge in [0.1, 0.15) is 10.8 Å². The Hall–Kier alpha value is -3.07. The molecule has 0 aliphatic heterocycles. The van der Waals surface area contributed by atoms with Gasteiger partial charge in [0.05, 0.1) is 5.69 Å². The molecular formula is C19H17F3N4OS. The van der Waals surface area contributed by atoms with E-state index in [0.717, 1.165) is 16.3 Å². The lowest BCUT2D eigenvalue weighted by Crippen LogP contribution is -2.23. The standard InChI is InChI=1S/C19H17F3N4OS/c20-19(21,22)27-16-8-6-14(7-9-16)26-18(23)24-11-10-15-12-28-17(25-15)13-4-2-1-3-5-13/h1-9,12H,10-11H2,(H3,23,24,26). The van der Waals surface area contributed by atoms with Crippen LogP contribution in [-0.2, 0) is 6.42 Å². The van der Waals surface area contributed by atoms with Crippen molar-refractivity contribution in [3.63, 3.8) is 0 Å². The molecule has 3 rings (SSSR count). The highest BCUT2D eigenvalue weighted by Gasteiger charge is 2.30. The first-order chi connectivity index (χ1) is 13.4. The van der Waals surface area contributed by atoms with Gasteiger partial charge < -0.3 is 15.8 Å². The lowest BCUT2D eigenvalue weighted by Gasteiger charge is -2.10. The topological polar surface area (TPSA) is 72.5 Å². The summed E-state index contributed by atoms with van der Waals surface area (Å²) in [5.41, 5.74) is 8.32. The molecule has 9 heteroatoms. The minimum absolute atomic E-state index is 0.169. The summed E-state index contributed by atoms with van der Waals surface area (Å²) in [5.74, 6) is -0.130. The van der Waals surface area contributed by atoms with Crippen molar-refractivity contribution in [2.45, 2.75) is 12.8 Å². The molecule has 0 fully saturated rings. The van der Waals surface area contributed by atoms with Gasteiger partial charge in [0.2, 0.25) is 0 Å². The zero-order valence-electron chi connectivity index (χ0n) is 14.6. The number of guanidine groups is 1. The predicted molar refractivity (Wildman–Crippen MR) is 104 cm³/mol. The maximum Gasteiger partial charge on any atom is 0.573 e. The number of aromatic nitrogens is 1. The van der Waals surface area contributed by atoms with Gasteiger partial charge in [-0.1, -0.05) is 30.3 Å². The smallest absolute Gasteiger partial charge is 0.406 e. The highest BCUT2D eigenvalue weighted by atomic mass is 32.1. The van der Waals surface area contributed by atoms with Gasteiger partial charge >= 0.3 is 6.36 Å². The van der Waals surface area contributed by atoms with Crippen LogP contribution in [0.15, 0.2) is 65.0 Å². The van der Waals surface area contributed by atoms with E-state index in [1.54, 1.807) is 11.3 Å². The van der Waals surface area contributed by atoms with Crippen molar-refractivity contribution in [2.24, 2.45) is 10.7 Å². The van der Waals surface area contributed by atoms with Crippen LogP contribution in [0.25, 0.3) is 10.6 Å². The number of ether oxygens (including phenoxy) is 1. The summed E-state index contributed by atoms with van der Waals surface area (Å²) in [6.07, 6.45) is -4.09. The van der Waals surface area contributed by atoms with E-state index in [4.69, 9.17) is 5.73 Å². The van der Waals surface area contributed by atoms with Crippen molar-refractivity contribution in [1.29, 1.82) is 0 Å². The summed E-state index contributed by atoms with van der Waals surface area (Å²) in [6.45, 7) is 0.437. The zero-order valence-corrected chi connectivity index (χ0v) is 15.4. The van der Waals surface area contributed by atoms with Crippen LogP contribution in [0, 0.1) is 0 Å². The maximum absolute atomic E-state index is 12.1. The molecule has 0 unspecified atom stereocenters. The summed E-state index contributed by atoms with van der Waals surface area (Å²) >= 11 is 1.57. The molecule has 0 saturated carbocycles. The Morgan fingerprint density at radius 3 is 2.50 bits per heavy atom. The number of hydrogen-bond donors (Lipinski definition) is 2. The van der Waals surface area contributed by atoms with E-state index in [1.165, 1.54) is 24.3 Å². The number of rotatable bonds is 6. The number of nitrogens with one attached hydrogen (secondary N) is 1. The largest absolute Gasteiger partial charge is 0.573 e. The number of aliphatic imine (C=N–C) groups is 1. The fraction of sp³-hybridized carbons (Fsp3) is 0.158. The number of thiazole rings is 1. The van der Waals surface area contributed by atoms with Crippen molar-refractivity contribution in [2.75, 3.05) is 11.9 Å². The second kappa shape index (κ2) is 8.75. The number of nitrogens with zero attached hydrogens (tertiary/aromatic N) is 2. The van der Waals surface area contributed by atoms with Crippen LogP contribution in [0.3, 0.4) is 0 Å². The molecule has 0 aliphatic rings. The Bertz CT molecular complexity index is 924. The van der Waals surface area contributed by atoms with E-state index in [1.807, 2.05) is 35.7 Å². The van der Waals surface area contributed by atoms with Gasteiger partial charge in [0.15, 0.2) is 5.96 Å². The molecule has 0 aliphatic carbocycles. The molecule has 0 amide bonds. The minimum atomic E-state index is -4.72. The quantitative estimate of drug-likeness (QED) is 0.461. The second-order valence-electron chi connectivity index (χ2n) is 5.72. The predicted octanol–water partition coefficient (Wildman–Crippen LogP) is 4.68. The SMILES string of the molecule is NC(=NCCc1csc(-c2ccccc2)n1)Nc1ccc(OC(F)(F)F)cc1. The van der Waals surface area contributed by atoms with E-state index in [2.05, 4.69) is 20.0 Å². The first-order valence-electron chi connectivity index (χ1n) is 8.32. The highest BCUT2D eigenvalue weighted by Crippen LogP contribution is 2.24. The van der Waals surface area contributed by atoms with Crippen molar-refractivity contribution < 1.29 is 17.9 Å². The van der Waals surface area contributed by atoms with Crippen LogP contribution < -0.4 is 15.8 Å². The number of alkyl halides is 3. The lowest BCUT2D eigenvalue weighted by atomic mass is 10.2. The summed E-state index contributed by atoms with van der Waals surface area (Å²) < 4.78 is 40.3. The Kier molecular flexibility index (Phi) is 6.15. The van der Waals surface area contributed by atoms with Crippen molar-refractivity contribution in [3.05, 3.63) is 65.7 Å². The third kappa shape index (κ3) is 5.98. The fourth-order valence-corrected chi connectivity index (χ4v) is 3.21. The molecule has 0 saturated heterocycles. The normalized spacial score (nSPS) is 12.0. The van der Waals surface area contributed by atoms with Crippen molar-refractivity contribution >= 4 is 23.0 Å². The number of halogens is 3. The van der Waals surface area contributed by atoms with Crippen LogP contribution in [0.1, 0.15) is 5.69 Å². The van der Waals surface area contributed by atoms with E-state index in [-0.39, 0.29) is 11.7 Å². The molecule has 1 aromatic heterocycles. The van der Waals surface area contributed by atoms with Crippen LogP contribution in [0.5, 0.6) is 5.75 Å². The summed E-state index contributed by atoms with van der Waals surface area (Å²) in [6, 6.07) is 15.2. The Morgan fingerprint density at radius 2 is 1.82 bits per heavy atom. The van der Waals surface area contributed by atoms with Gasteiger partial charge in [-0.05, 0) is 24.3 Å². The number of benzene rings is 2. The molecule has 0 spiro atoms. The summed E-state index contributed by atoms with van der Waals surface area (Å²) in [5, 5.41) is 5.76. The molecule has 146 valence electrons. The van der Waals surface area contributed by atoms with Gasteiger partial charge in [0.25, 0.3) is 0 Å². The molecule has 1 heterocycles. The highest BCUT2D eigenvalue weighted by molar-refractivity contribution is 7.13. The zero-order chi connectivity index (χ0) is 20.0. The van der Waals surface area contributed by atoms with Crippen LogP contribution >= 0.6 is 11.3 Å². The molecule has 0 radical (unpaired) electrons. The first kappa shape index (κ1) is 19.7. The maximum atomic E-state index is 12.1. The van der Waals surface area contributed by atoms with E-state index < -0.39 is 6.36 Å². The molecule has 0 bridgehead atoms. The van der Waals surface area contributed by atoms with Gasteiger partial charge in [-0.3, -0.25) is 4.99 Å². The average molecular weight is 406 g/mol. The molecule has 3 N–H and O–H groups in total. The van der Waals surface area contributed by atoms with Crippen LogP contribution in [0.2, 0.25) is 0 Å². The summed E-state index contributed by atoms with van der Waals surface area (Å²) in [4.78, 5) is 8.80. The minimum Gasteiger partial charge on any atom is -0.406 e. The second-order valence-corrected chi connectivity index (χ2v) is 6.58. The number of hydrogen-bond acceptors (Lipinski definition) is 4. The Labute approximate surface area is 163 Å². The average Bonchev–Trinajstić information content (AvgIpc) is 3.12. The monoisotopic (exact) mass is 406 g/mol. The van der Waals surface area contributed by atoms with E-state index >= 15 is 0 Å².